The van der Waals surface area contributed by atoms with Gasteiger partial charge in [0.15, 0.2) is 11.6 Å². The fraction of sp³-hybridized carbons (Fsp3) is 0.556. The maximum Gasteiger partial charge on any atom is 0.410 e. The van der Waals surface area contributed by atoms with Crippen LogP contribution < -0.4 is 0 Å². The zero-order chi connectivity index (χ0) is 18.6. The standard InChI is InChI=1S/C18H25N5O3/c1-18(2,3)26-17(24)23-10-6-14(7-11-23)25-12-15-20-16(22-21-15)13-4-8-19-9-5-13/h4-5,8-9,14H,6-7,10-12H2,1-3H3,(H,20,21,22). The van der Waals surface area contributed by atoms with Crippen molar-refractivity contribution in [2.75, 3.05) is 13.1 Å². The Morgan fingerprint density at radius 2 is 1.92 bits per heavy atom. The Morgan fingerprint density at radius 3 is 2.58 bits per heavy atom. The van der Waals surface area contributed by atoms with Crippen LogP contribution in [0.4, 0.5) is 4.79 Å². The van der Waals surface area contributed by atoms with Crippen LogP contribution in [0, 0.1) is 0 Å². The molecule has 0 spiro atoms. The van der Waals surface area contributed by atoms with Crippen LogP contribution in [0.1, 0.15) is 39.4 Å². The molecule has 2 aromatic rings. The van der Waals surface area contributed by atoms with Gasteiger partial charge in [0, 0.05) is 31.0 Å². The highest BCUT2D eigenvalue weighted by Gasteiger charge is 2.27. The van der Waals surface area contributed by atoms with Gasteiger partial charge in [0.05, 0.1) is 6.10 Å². The molecule has 0 radical (unpaired) electrons. The number of piperidine rings is 1. The van der Waals surface area contributed by atoms with E-state index < -0.39 is 5.60 Å². The van der Waals surface area contributed by atoms with E-state index in [-0.39, 0.29) is 12.2 Å². The predicted molar refractivity (Wildman–Crippen MR) is 95.2 cm³/mol. The molecule has 26 heavy (non-hydrogen) atoms. The second kappa shape index (κ2) is 7.82. The molecule has 0 atom stereocenters. The fourth-order valence-electron chi connectivity index (χ4n) is 2.73. The molecule has 1 saturated heterocycles. The van der Waals surface area contributed by atoms with Crippen molar-refractivity contribution in [2.45, 2.75) is 51.9 Å². The van der Waals surface area contributed by atoms with Gasteiger partial charge in [-0.15, -0.1) is 10.2 Å². The van der Waals surface area contributed by atoms with Crippen LogP contribution in [0.3, 0.4) is 0 Å². The van der Waals surface area contributed by atoms with E-state index in [1.165, 1.54) is 0 Å². The summed E-state index contributed by atoms with van der Waals surface area (Å²) in [4.78, 5) is 21.0. The summed E-state index contributed by atoms with van der Waals surface area (Å²) in [6.07, 6.45) is 4.84. The number of aromatic amines is 1. The average Bonchev–Trinajstić information content (AvgIpc) is 3.09. The van der Waals surface area contributed by atoms with Gasteiger partial charge >= 0.3 is 6.09 Å². The van der Waals surface area contributed by atoms with Crippen LogP contribution in [0.15, 0.2) is 24.5 Å². The summed E-state index contributed by atoms with van der Waals surface area (Å²) in [7, 11) is 0. The van der Waals surface area contributed by atoms with Gasteiger partial charge in [-0.05, 0) is 45.7 Å². The van der Waals surface area contributed by atoms with Crippen LogP contribution in [-0.4, -0.2) is 56.0 Å². The molecule has 3 rings (SSSR count). The lowest BCUT2D eigenvalue weighted by Gasteiger charge is -2.33. The van der Waals surface area contributed by atoms with Crippen LogP contribution in [0.25, 0.3) is 11.4 Å². The maximum atomic E-state index is 12.1. The first-order valence-corrected chi connectivity index (χ1v) is 8.82. The van der Waals surface area contributed by atoms with Crippen molar-refractivity contribution in [3.8, 4) is 11.4 Å². The average molecular weight is 359 g/mol. The lowest BCUT2D eigenvalue weighted by Crippen LogP contribution is -2.43. The van der Waals surface area contributed by atoms with Crippen molar-refractivity contribution in [3.05, 3.63) is 30.4 Å². The quantitative estimate of drug-likeness (QED) is 0.902. The van der Waals surface area contributed by atoms with E-state index in [2.05, 4.69) is 20.2 Å². The second-order valence-electron chi connectivity index (χ2n) is 7.33. The first-order chi connectivity index (χ1) is 12.4. The van der Waals surface area contributed by atoms with E-state index in [0.717, 1.165) is 18.4 Å². The van der Waals surface area contributed by atoms with E-state index in [1.807, 2.05) is 32.9 Å². The number of aromatic nitrogens is 4. The number of nitrogens with one attached hydrogen (secondary N) is 1. The van der Waals surface area contributed by atoms with Crippen molar-refractivity contribution in [1.82, 2.24) is 25.1 Å². The van der Waals surface area contributed by atoms with Gasteiger partial charge in [-0.25, -0.2) is 4.79 Å². The normalized spacial score (nSPS) is 15.9. The molecule has 2 aromatic heterocycles. The Hall–Kier alpha value is -2.48. The number of nitrogens with zero attached hydrogens (tertiary/aromatic N) is 4. The predicted octanol–water partition coefficient (Wildman–Crippen LogP) is 2.78. The van der Waals surface area contributed by atoms with Crippen molar-refractivity contribution >= 4 is 6.09 Å². The van der Waals surface area contributed by atoms with Gasteiger partial charge in [0.25, 0.3) is 0 Å². The minimum atomic E-state index is -0.469. The number of hydrogen-bond donors (Lipinski definition) is 1. The summed E-state index contributed by atoms with van der Waals surface area (Å²) >= 11 is 0. The number of carbonyl (C=O) groups is 1. The first-order valence-electron chi connectivity index (χ1n) is 8.82. The molecule has 1 N–H and O–H groups in total. The van der Waals surface area contributed by atoms with Crippen LogP contribution in [0.2, 0.25) is 0 Å². The molecular formula is C18H25N5O3. The van der Waals surface area contributed by atoms with Gasteiger partial charge < -0.3 is 19.4 Å². The zero-order valence-electron chi connectivity index (χ0n) is 15.4. The third-order valence-electron chi connectivity index (χ3n) is 4.04. The first kappa shape index (κ1) is 18.3. The lowest BCUT2D eigenvalue weighted by molar-refractivity contribution is -0.0186. The fourth-order valence-corrected chi connectivity index (χ4v) is 2.73. The van der Waals surface area contributed by atoms with Crippen molar-refractivity contribution in [2.24, 2.45) is 0 Å². The molecule has 8 heteroatoms. The highest BCUT2D eigenvalue weighted by Crippen LogP contribution is 2.19. The Bertz CT molecular complexity index is 718. The Balaban J connectivity index is 1.44. The van der Waals surface area contributed by atoms with Crippen LogP contribution in [-0.2, 0) is 16.1 Å². The molecule has 140 valence electrons. The highest BCUT2D eigenvalue weighted by atomic mass is 16.6. The number of hydrogen-bond acceptors (Lipinski definition) is 6. The van der Waals surface area contributed by atoms with E-state index in [1.54, 1.807) is 17.3 Å². The molecule has 1 aliphatic heterocycles. The highest BCUT2D eigenvalue weighted by molar-refractivity contribution is 5.68. The minimum absolute atomic E-state index is 0.100. The molecule has 1 amide bonds. The summed E-state index contributed by atoms with van der Waals surface area (Å²) in [5.41, 5.74) is 0.466. The Kier molecular flexibility index (Phi) is 5.51. The minimum Gasteiger partial charge on any atom is -0.444 e. The van der Waals surface area contributed by atoms with Crippen LogP contribution in [0.5, 0.6) is 0 Å². The third-order valence-corrected chi connectivity index (χ3v) is 4.04. The van der Waals surface area contributed by atoms with Crippen molar-refractivity contribution in [1.29, 1.82) is 0 Å². The lowest BCUT2D eigenvalue weighted by atomic mass is 10.1. The number of likely N-dealkylation sites (tertiary alicyclic amines) is 1. The topological polar surface area (TPSA) is 93.2 Å². The van der Waals surface area contributed by atoms with Crippen molar-refractivity contribution < 1.29 is 14.3 Å². The van der Waals surface area contributed by atoms with E-state index in [4.69, 9.17) is 9.47 Å². The van der Waals surface area contributed by atoms with E-state index >= 15 is 0 Å². The molecule has 0 aliphatic carbocycles. The van der Waals surface area contributed by atoms with E-state index in [0.29, 0.717) is 31.3 Å². The molecule has 0 unspecified atom stereocenters. The molecule has 1 fully saturated rings. The number of carbonyl (C=O) groups excluding carboxylic acids is 1. The molecule has 1 aliphatic rings. The number of rotatable bonds is 4. The number of ether oxygens (including phenoxy) is 2. The molecular weight excluding hydrogens is 334 g/mol. The SMILES string of the molecule is CC(C)(C)OC(=O)N1CCC(OCc2nnc(-c3ccncc3)[nH]2)CC1. The summed E-state index contributed by atoms with van der Waals surface area (Å²) < 4.78 is 11.3. The van der Waals surface area contributed by atoms with Gasteiger partial charge in [-0.1, -0.05) is 0 Å². The number of H-pyrrole nitrogens is 1. The smallest absolute Gasteiger partial charge is 0.410 e. The van der Waals surface area contributed by atoms with Gasteiger partial charge in [0.1, 0.15) is 12.2 Å². The maximum absolute atomic E-state index is 12.1. The Labute approximate surface area is 152 Å². The largest absolute Gasteiger partial charge is 0.444 e. The van der Waals surface area contributed by atoms with Gasteiger partial charge in [-0.2, -0.15) is 0 Å². The summed E-state index contributed by atoms with van der Waals surface area (Å²) in [6, 6.07) is 3.75. The number of pyridine rings is 1. The van der Waals surface area contributed by atoms with Crippen molar-refractivity contribution in [3.63, 3.8) is 0 Å². The second-order valence-corrected chi connectivity index (χ2v) is 7.33. The monoisotopic (exact) mass is 359 g/mol. The van der Waals surface area contributed by atoms with Crippen LogP contribution >= 0.6 is 0 Å². The van der Waals surface area contributed by atoms with Gasteiger partial charge in [-0.3, -0.25) is 4.98 Å². The zero-order valence-corrected chi connectivity index (χ0v) is 15.4. The molecule has 0 bridgehead atoms. The molecule has 3 heterocycles. The molecule has 0 saturated carbocycles. The van der Waals surface area contributed by atoms with Gasteiger partial charge in [0.2, 0.25) is 0 Å². The number of amides is 1. The summed E-state index contributed by atoms with van der Waals surface area (Å²) in [6.45, 7) is 7.26. The molecule has 0 aromatic carbocycles. The summed E-state index contributed by atoms with van der Waals surface area (Å²) in [5.74, 6) is 1.39. The van der Waals surface area contributed by atoms with E-state index in [9.17, 15) is 4.79 Å². The summed E-state index contributed by atoms with van der Waals surface area (Å²) in [5, 5.41) is 8.26. The third kappa shape index (κ3) is 5.01. The Morgan fingerprint density at radius 1 is 1.23 bits per heavy atom. The molecule has 8 nitrogen and oxygen atoms in total.